The quantitative estimate of drug-likeness (QED) is 0.263. The van der Waals surface area contributed by atoms with Crippen molar-refractivity contribution in [2.45, 2.75) is 12.6 Å². The summed E-state index contributed by atoms with van der Waals surface area (Å²) in [7, 11) is 0. The van der Waals surface area contributed by atoms with Gasteiger partial charge in [-0.15, -0.1) is 0 Å². The molecule has 0 saturated carbocycles. The first kappa shape index (κ1) is 30.3. The molecule has 12 heteroatoms. The molecule has 0 unspecified atom stereocenters. The second-order valence-electron chi connectivity index (χ2n) is 8.71. The Bertz CT molecular complexity index is 1300. The zero-order valence-corrected chi connectivity index (χ0v) is 22.1. The molecular formula is C28H28ClF3N4O4. The first-order valence-corrected chi connectivity index (χ1v) is 12.6. The van der Waals surface area contributed by atoms with Crippen LogP contribution in [0.1, 0.15) is 15.9 Å². The van der Waals surface area contributed by atoms with Gasteiger partial charge < -0.3 is 25.3 Å². The van der Waals surface area contributed by atoms with E-state index in [0.717, 1.165) is 55.0 Å². The van der Waals surface area contributed by atoms with E-state index < -0.39 is 18.1 Å². The van der Waals surface area contributed by atoms with Crippen molar-refractivity contribution in [3.63, 3.8) is 0 Å². The number of alkyl halides is 3. The third-order valence-corrected chi connectivity index (χ3v) is 6.12. The van der Waals surface area contributed by atoms with Crippen LogP contribution in [0.5, 0.6) is 0 Å². The normalized spacial score (nSPS) is 13.8. The Morgan fingerprint density at radius 1 is 0.900 bits per heavy atom. The van der Waals surface area contributed by atoms with E-state index in [1.54, 1.807) is 24.3 Å². The van der Waals surface area contributed by atoms with Crippen LogP contribution in [0.3, 0.4) is 0 Å². The van der Waals surface area contributed by atoms with E-state index in [2.05, 4.69) is 33.3 Å². The number of halogens is 4. The van der Waals surface area contributed by atoms with Crippen molar-refractivity contribution in [2.24, 2.45) is 4.99 Å². The Labute approximate surface area is 234 Å². The number of hydrogen-bond acceptors (Lipinski definition) is 4. The van der Waals surface area contributed by atoms with Gasteiger partial charge in [0.15, 0.2) is 5.96 Å². The summed E-state index contributed by atoms with van der Waals surface area (Å²) >= 11 is 6.17. The molecule has 0 spiro atoms. The van der Waals surface area contributed by atoms with Crippen molar-refractivity contribution in [1.82, 2.24) is 4.90 Å². The molecule has 3 N–H and O–H groups in total. The molecule has 0 bridgehead atoms. The number of carboxylic acid groups (broad SMARTS) is 2. The molecule has 4 rings (SSSR count). The molecule has 0 aliphatic carbocycles. The van der Waals surface area contributed by atoms with Gasteiger partial charge in [0.05, 0.1) is 5.56 Å². The first-order valence-electron chi connectivity index (χ1n) is 12.3. The van der Waals surface area contributed by atoms with Crippen LogP contribution in [-0.2, 0) is 11.2 Å². The van der Waals surface area contributed by atoms with Gasteiger partial charge in [-0.1, -0.05) is 48.0 Å². The summed E-state index contributed by atoms with van der Waals surface area (Å²) in [6, 6.07) is 25.0. The second kappa shape index (κ2) is 14.2. The standard InChI is InChI=1S/C26H27ClN4O2.C2HF3O2/c27-22-7-4-8-24(19-22)30-15-17-31(18-16-30)26(28-14-13-20-5-2-1-3-6-20)29-23-11-9-21(10-12-23)25(32)33;3-2(4,5)1(6)7/h1-12,19H,13-18H2,(H,28,29)(H,32,33);(H,6,7). The van der Waals surface area contributed by atoms with Crippen LogP contribution in [0.4, 0.5) is 24.5 Å². The lowest BCUT2D eigenvalue weighted by Crippen LogP contribution is -2.50. The van der Waals surface area contributed by atoms with Gasteiger partial charge in [0, 0.05) is 49.1 Å². The minimum atomic E-state index is -5.08. The number of piperazine rings is 1. The number of guanidine groups is 1. The van der Waals surface area contributed by atoms with Crippen LogP contribution in [0.25, 0.3) is 0 Å². The fourth-order valence-electron chi connectivity index (χ4n) is 3.83. The van der Waals surface area contributed by atoms with Crippen molar-refractivity contribution in [2.75, 3.05) is 42.9 Å². The molecular weight excluding hydrogens is 549 g/mol. The number of carbonyl (C=O) groups is 2. The van der Waals surface area contributed by atoms with Crippen molar-refractivity contribution in [1.29, 1.82) is 0 Å². The molecule has 0 amide bonds. The number of carboxylic acids is 2. The summed E-state index contributed by atoms with van der Waals surface area (Å²) < 4.78 is 31.7. The predicted octanol–water partition coefficient (Wildman–Crippen LogP) is 5.50. The van der Waals surface area contributed by atoms with Crippen molar-refractivity contribution in [3.8, 4) is 0 Å². The molecule has 3 aromatic carbocycles. The third-order valence-electron chi connectivity index (χ3n) is 5.89. The molecule has 0 radical (unpaired) electrons. The van der Waals surface area contributed by atoms with Gasteiger partial charge in [0.1, 0.15) is 0 Å². The number of benzene rings is 3. The maximum absolute atomic E-state index is 11.2. The largest absolute Gasteiger partial charge is 0.490 e. The molecule has 1 fully saturated rings. The van der Waals surface area contributed by atoms with Gasteiger partial charge in [0.2, 0.25) is 0 Å². The van der Waals surface area contributed by atoms with Gasteiger partial charge in [0.25, 0.3) is 0 Å². The van der Waals surface area contributed by atoms with E-state index in [1.807, 2.05) is 36.4 Å². The van der Waals surface area contributed by atoms with Crippen molar-refractivity contribution >= 4 is 40.9 Å². The van der Waals surface area contributed by atoms with Crippen LogP contribution in [0.15, 0.2) is 83.9 Å². The number of nitrogens with one attached hydrogen (secondary N) is 1. The molecule has 3 aromatic rings. The maximum atomic E-state index is 11.2. The van der Waals surface area contributed by atoms with E-state index in [9.17, 15) is 18.0 Å². The zero-order valence-electron chi connectivity index (χ0n) is 21.3. The predicted molar refractivity (Wildman–Crippen MR) is 148 cm³/mol. The summed E-state index contributed by atoms with van der Waals surface area (Å²) in [6.45, 7) is 4.01. The van der Waals surface area contributed by atoms with E-state index in [1.165, 1.54) is 5.56 Å². The first-order chi connectivity index (χ1) is 19.0. The van der Waals surface area contributed by atoms with Gasteiger partial charge in [-0.25, -0.2) is 9.59 Å². The average molecular weight is 577 g/mol. The lowest BCUT2D eigenvalue weighted by molar-refractivity contribution is -0.192. The molecule has 40 heavy (non-hydrogen) atoms. The van der Waals surface area contributed by atoms with E-state index in [4.69, 9.17) is 31.6 Å². The summed E-state index contributed by atoms with van der Waals surface area (Å²) in [4.78, 5) is 29.5. The Balaban J connectivity index is 0.000000559. The number of hydrogen-bond donors (Lipinski definition) is 3. The molecule has 0 aromatic heterocycles. The number of rotatable bonds is 6. The third kappa shape index (κ3) is 9.49. The van der Waals surface area contributed by atoms with Gasteiger partial charge in [-0.05, 0) is 54.4 Å². The number of nitrogens with zero attached hydrogens (tertiary/aromatic N) is 3. The molecule has 1 aliphatic rings. The zero-order chi connectivity index (χ0) is 29.1. The number of aromatic carboxylic acids is 1. The number of aliphatic carboxylic acids is 1. The molecule has 0 atom stereocenters. The van der Waals surface area contributed by atoms with E-state index in [0.29, 0.717) is 6.54 Å². The summed E-state index contributed by atoms with van der Waals surface area (Å²) in [6.07, 6.45) is -4.23. The van der Waals surface area contributed by atoms with E-state index >= 15 is 0 Å². The second-order valence-corrected chi connectivity index (χ2v) is 9.14. The maximum Gasteiger partial charge on any atom is 0.490 e. The smallest absolute Gasteiger partial charge is 0.478 e. The fourth-order valence-corrected chi connectivity index (χ4v) is 4.01. The lowest BCUT2D eigenvalue weighted by atomic mass is 10.1. The Morgan fingerprint density at radius 2 is 1.52 bits per heavy atom. The lowest BCUT2D eigenvalue weighted by Gasteiger charge is -2.37. The minimum absolute atomic E-state index is 0.262. The van der Waals surface area contributed by atoms with Crippen molar-refractivity contribution < 1.29 is 33.0 Å². The molecule has 1 heterocycles. The Hall–Kier alpha value is -4.25. The van der Waals surface area contributed by atoms with Gasteiger partial charge in [-0.2, -0.15) is 13.2 Å². The van der Waals surface area contributed by atoms with Crippen LogP contribution in [0, 0.1) is 0 Å². The van der Waals surface area contributed by atoms with E-state index in [-0.39, 0.29) is 5.56 Å². The highest BCUT2D eigenvalue weighted by Crippen LogP contribution is 2.21. The van der Waals surface area contributed by atoms with Crippen LogP contribution >= 0.6 is 11.6 Å². The van der Waals surface area contributed by atoms with Crippen molar-refractivity contribution in [3.05, 3.63) is 95.0 Å². The molecule has 212 valence electrons. The highest BCUT2D eigenvalue weighted by molar-refractivity contribution is 6.30. The van der Waals surface area contributed by atoms with Crippen LogP contribution in [0.2, 0.25) is 5.02 Å². The fraction of sp³-hybridized carbons (Fsp3) is 0.250. The highest BCUT2D eigenvalue weighted by Gasteiger charge is 2.38. The SMILES string of the molecule is O=C(O)C(F)(F)F.O=C(O)c1ccc(NC(=NCCc2ccccc2)N2CCN(c3cccc(Cl)c3)CC2)cc1. The average Bonchev–Trinajstić information content (AvgIpc) is 2.93. The molecule has 8 nitrogen and oxygen atoms in total. The molecule has 1 aliphatic heterocycles. The number of aliphatic imine (C=N–C) groups is 1. The minimum Gasteiger partial charge on any atom is -0.478 e. The summed E-state index contributed by atoms with van der Waals surface area (Å²) in [5.41, 5.74) is 3.45. The topological polar surface area (TPSA) is 105 Å². The summed E-state index contributed by atoms with van der Waals surface area (Å²) in [5, 5.41) is 20.4. The Morgan fingerprint density at radius 3 is 2.08 bits per heavy atom. The van der Waals surface area contributed by atoms with Crippen LogP contribution in [-0.4, -0.2) is 71.9 Å². The molecule has 1 saturated heterocycles. The number of anilines is 2. The monoisotopic (exact) mass is 576 g/mol. The van der Waals surface area contributed by atoms with Gasteiger partial charge in [-0.3, -0.25) is 4.99 Å². The van der Waals surface area contributed by atoms with Crippen LogP contribution < -0.4 is 10.2 Å². The Kier molecular flexibility index (Phi) is 10.8. The summed E-state index contributed by atoms with van der Waals surface area (Å²) in [5.74, 6) is -2.89. The van der Waals surface area contributed by atoms with Gasteiger partial charge >= 0.3 is 18.1 Å². The highest BCUT2D eigenvalue weighted by atomic mass is 35.5.